The highest BCUT2D eigenvalue weighted by Crippen LogP contribution is 2.13. The van der Waals surface area contributed by atoms with Crippen LogP contribution >= 0.6 is 0 Å². The first-order valence-electron chi connectivity index (χ1n) is 7.18. The second kappa shape index (κ2) is 6.58. The van der Waals surface area contributed by atoms with E-state index in [4.69, 9.17) is 10.9 Å². The van der Waals surface area contributed by atoms with Crippen LogP contribution in [0.4, 0.5) is 0 Å². The molecule has 0 saturated carbocycles. The number of amides is 1. The van der Waals surface area contributed by atoms with Gasteiger partial charge in [-0.05, 0) is 25.6 Å². The molecule has 3 N–H and O–H groups in total. The first-order valence-corrected chi connectivity index (χ1v) is 7.18. The van der Waals surface area contributed by atoms with Crippen molar-refractivity contribution in [3.05, 3.63) is 35.4 Å². The van der Waals surface area contributed by atoms with Crippen LogP contribution in [0.3, 0.4) is 0 Å². The molecular weight excluding hydrogens is 268 g/mol. The maximum atomic E-state index is 12.5. The van der Waals surface area contributed by atoms with Crippen molar-refractivity contribution in [2.75, 3.05) is 26.2 Å². The van der Waals surface area contributed by atoms with Gasteiger partial charge in [0.2, 0.25) is 0 Å². The molecule has 1 atom stereocenters. The lowest BCUT2D eigenvalue weighted by molar-refractivity contribution is 0.0528. The van der Waals surface area contributed by atoms with E-state index in [9.17, 15) is 4.79 Å². The second-order valence-electron chi connectivity index (χ2n) is 5.29. The van der Waals surface area contributed by atoms with Crippen LogP contribution in [0.2, 0.25) is 0 Å². The van der Waals surface area contributed by atoms with Gasteiger partial charge in [0.1, 0.15) is 0 Å². The Kier molecular flexibility index (Phi) is 4.80. The van der Waals surface area contributed by atoms with Gasteiger partial charge in [0.05, 0.1) is 0 Å². The number of nitrogens with zero attached hydrogens (tertiary/aromatic N) is 3. The smallest absolute Gasteiger partial charge is 0.253 e. The van der Waals surface area contributed by atoms with Crippen LogP contribution in [-0.2, 0) is 0 Å². The predicted molar refractivity (Wildman–Crippen MR) is 81.6 cm³/mol. The molecule has 21 heavy (non-hydrogen) atoms. The van der Waals surface area contributed by atoms with Crippen molar-refractivity contribution in [2.45, 2.75) is 19.9 Å². The molecule has 1 fully saturated rings. The Morgan fingerprint density at radius 1 is 1.33 bits per heavy atom. The van der Waals surface area contributed by atoms with Crippen molar-refractivity contribution >= 4 is 11.7 Å². The maximum Gasteiger partial charge on any atom is 0.253 e. The molecule has 1 heterocycles. The third kappa shape index (κ3) is 3.33. The topological polar surface area (TPSA) is 82.2 Å². The Labute approximate surface area is 124 Å². The number of hydrogen-bond donors (Lipinski definition) is 2. The zero-order chi connectivity index (χ0) is 15.4. The maximum absolute atomic E-state index is 12.5. The minimum Gasteiger partial charge on any atom is -0.409 e. The van der Waals surface area contributed by atoms with E-state index in [0.29, 0.717) is 17.2 Å². The fourth-order valence-electron chi connectivity index (χ4n) is 2.67. The van der Waals surface area contributed by atoms with Crippen LogP contribution < -0.4 is 5.73 Å². The molecule has 1 saturated heterocycles. The number of benzene rings is 1. The molecule has 1 amide bonds. The van der Waals surface area contributed by atoms with Crippen LogP contribution in [0.25, 0.3) is 0 Å². The van der Waals surface area contributed by atoms with Crippen LogP contribution in [0.5, 0.6) is 0 Å². The molecule has 1 aliphatic rings. The fourth-order valence-corrected chi connectivity index (χ4v) is 2.67. The molecule has 1 unspecified atom stereocenters. The van der Waals surface area contributed by atoms with Gasteiger partial charge in [0.15, 0.2) is 5.84 Å². The summed E-state index contributed by atoms with van der Waals surface area (Å²) in [7, 11) is 0. The minimum absolute atomic E-state index is 0.0312. The first kappa shape index (κ1) is 15.3. The number of hydrogen-bond acceptors (Lipinski definition) is 4. The first-order chi connectivity index (χ1) is 10.1. The molecule has 1 aliphatic heterocycles. The van der Waals surface area contributed by atoms with Gasteiger partial charge in [0, 0.05) is 36.8 Å². The summed E-state index contributed by atoms with van der Waals surface area (Å²) in [5, 5.41) is 11.6. The summed E-state index contributed by atoms with van der Waals surface area (Å²) in [4.78, 5) is 16.7. The Hall–Kier alpha value is -2.08. The highest BCUT2D eigenvalue weighted by molar-refractivity contribution is 5.99. The van der Waals surface area contributed by atoms with Crippen LogP contribution in [0, 0.1) is 0 Å². The van der Waals surface area contributed by atoms with E-state index in [1.807, 2.05) is 4.90 Å². The van der Waals surface area contributed by atoms with Crippen LogP contribution in [0.1, 0.15) is 29.8 Å². The lowest BCUT2D eigenvalue weighted by Gasteiger charge is -2.39. The third-order valence-corrected chi connectivity index (χ3v) is 3.99. The molecule has 114 valence electrons. The largest absolute Gasteiger partial charge is 0.409 e. The molecule has 0 aromatic heterocycles. The highest BCUT2D eigenvalue weighted by Gasteiger charge is 2.26. The monoisotopic (exact) mass is 290 g/mol. The summed E-state index contributed by atoms with van der Waals surface area (Å²) in [5.41, 5.74) is 6.73. The zero-order valence-corrected chi connectivity index (χ0v) is 12.5. The average Bonchev–Trinajstić information content (AvgIpc) is 2.53. The Balaban J connectivity index is 2.07. The molecular formula is C15H22N4O2. The number of carbonyl (C=O) groups excluding carboxylic acids is 1. The summed E-state index contributed by atoms with van der Waals surface area (Å²) in [6.45, 7) is 7.70. The van der Waals surface area contributed by atoms with Crippen molar-refractivity contribution in [3.8, 4) is 0 Å². The third-order valence-electron chi connectivity index (χ3n) is 3.99. The van der Waals surface area contributed by atoms with Gasteiger partial charge >= 0.3 is 0 Å². The Morgan fingerprint density at radius 2 is 1.95 bits per heavy atom. The van der Waals surface area contributed by atoms with E-state index in [-0.39, 0.29) is 11.7 Å². The highest BCUT2D eigenvalue weighted by atomic mass is 16.4. The fraction of sp³-hybridized carbons (Fsp3) is 0.467. The molecule has 6 nitrogen and oxygen atoms in total. The molecule has 0 radical (unpaired) electrons. The summed E-state index contributed by atoms with van der Waals surface area (Å²) < 4.78 is 0. The Bertz CT molecular complexity index is 527. The van der Waals surface area contributed by atoms with E-state index in [1.54, 1.807) is 24.3 Å². The molecule has 1 aromatic carbocycles. The molecule has 0 aliphatic carbocycles. The van der Waals surface area contributed by atoms with Crippen molar-refractivity contribution in [3.63, 3.8) is 0 Å². The van der Waals surface area contributed by atoms with Gasteiger partial charge in [-0.3, -0.25) is 9.69 Å². The van der Waals surface area contributed by atoms with Gasteiger partial charge in [-0.1, -0.05) is 24.2 Å². The lowest BCUT2D eigenvalue weighted by Crippen LogP contribution is -2.53. The number of piperazine rings is 1. The van der Waals surface area contributed by atoms with E-state index in [2.05, 4.69) is 23.9 Å². The van der Waals surface area contributed by atoms with Crippen molar-refractivity contribution in [1.29, 1.82) is 0 Å². The normalized spacial score (nSPS) is 20.6. The summed E-state index contributed by atoms with van der Waals surface area (Å²) in [5.74, 6) is 0.0721. The van der Waals surface area contributed by atoms with Crippen LogP contribution in [-0.4, -0.2) is 59.0 Å². The summed E-state index contributed by atoms with van der Waals surface area (Å²) in [6.07, 6.45) is 0. The average molecular weight is 290 g/mol. The van der Waals surface area contributed by atoms with E-state index < -0.39 is 0 Å². The Morgan fingerprint density at radius 3 is 2.48 bits per heavy atom. The minimum atomic E-state index is 0.0312. The standard InChI is InChI=1S/C15H22N4O2/c1-3-18-8-9-19(10-11(18)2)15(20)13-6-4-12(5-7-13)14(16)17-21/h4-7,11,21H,3,8-10H2,1-2H3,(H2,16,17). The van der Waals surface area contributed by atoms with Crippen molar-refractivity contribution in [2.24, 2.45) is 10.9 Å². The van der Waals surface area contributed by atoms with Gasteiger partial charge in [-0.15, -0.1) is 0 Å². The van der Waals surface area contributed by atoms with Gasteiger partial charge in [0.25, 0.3) is 5.91 Å². The molecule has 2 rings (SSSR count). The number of oxime groups is 1. The molecule has 6 heteroatoms. The van der Waals surface area contributed by atoms with Gasteiger partial charge < -0.3 is 15.8 Å². The molecule has 0 spiro atoms. The van der Waals surface area contributed by atoms with Crippen LogP contribution in [0.15, 0.2) is 29.4 Å². The number of nitrogens with two attached hydrogens (primary N) is 1. The zero-order valence-electron chi connectivity index (χ0n) is 12.5. The van der Waals surface area contributed by atoms with Gasteiger partial charge in [-0.25, -0.2) is 0 Å². The quantitative estimate of drug-likeness (QED) is 0.376. The second-order valence-corrected chi connectivity index (χ2v) is 5.29. The van der Waals surface area contributed by atoms with Crippen molar-refractivity contribution < 1.29 is 10.0 Å². The number of amidine groups is 1. The van der Waals surface area contributed by atoms with Gasteiger partial charge in [-0.2, -0.15) is 0 Å². The number of carbonyl (C=O) groups is 1. The van der Waals surface area contributed by atoms with Crippen molar-refractivity contribution in [1.82, 2.24) is 9.80 Å². The van der Waals surface area contributed by atoms with E-state index in [0.717, 1.165) is 26.2 Å². The lowest BCUT2D eigenvalue weighted by atomic mass is 10.1. The SMILES string of the molecule is CCN1CCN(C(=O)c2ccc(C(N)=NO)cc2)CC1C. The number of rotatable bonds is 3. The van der Waals surface area contributed by atoms with E-state index >= 15 is 0 Å². The summed E-state index contributed by atoms with van der Waals surface area (Å²) >= 11 is 0. The van der Waals surface area contributed by atoms with E-state index in [1.165, 1.54) is 0 Å². The summed E-state index contributed by atoms with van der Waals surface area (Å²) in [6, 6.07) is 7.19. The number of likely N-dealkylation sites (N-methyl/N-ethyl adjacent to an activating group) is 1. The predicted octanol–water partition coefficient (Wildman–Crippen LogP) is 0.947. The molecule has 0 bridgehead atoms. The molecule has 1 aromatic rings.